The quantitative estimate of drug-likeness (QED) is 0.288. The zero-order chi connectivity index (χ0) is 17.6. The van der Waals surface area contributed by atoms with Gasteiger partial charge in [0.25, 0.3) is 0 Å². The van der Waals surface area contributed by atoms with E-state index in [1.807, 2.05) is 61.5 Å². The molecular formula is C18H16N6O. The van der Waals surface area contributed by atoms with Gasteiger partial charge in [-0.15, -0.1) is 0 Å². The molecule has 0 aliphatic rings. The number of hydrogen-bond donors (Lipinski definition) is 0. The summed E-state index contributed by atoms with van der Waals surface area (Å²) < 4.78 is 6.76. The molecule has 0 N–H and O–H groups in total. The molecular weight excluding hydrogens is 316 g/mol. The van der Waals surface area contributed by atoms with E-state index in [2.05, 4.69) is 20.1 Å². The second-order valence-electron chi connectivity index (χ2n) is 5.22. The second kappa shape index (κ2) is 7.33. The van der Waals surface area contributed by atoms with Crippen molar-refractivity contribution in [3.8, 4) is 11.4 Å². The molecule has 0 bridgehead atoms. The van der Waals surface area contributed by atoms with Crippen LogP contribution < -0.4 is 4.74 Å². The first kappa shape index (κ1) is 16.3. The Balaban J connectivity index is 2.05. The van der Waals surface area contributed by atoms with Crippen LogP contribution in [0.2, 0.25) is 0 Å². The van der Waals surface area contributed by atoms with Crippen LogP contribution in [0.1, 0.15) is 11.3 Å². The molecule has 0 aliphatic heterocycles. The van der Waals surface area contributed by atoms with Gasteiger partial charge in [-0.1, -0.05) is 18.2 Å². The van der Waals surface area contributed by atoms with Crippen molar-refractivity contribution in [3.63, 3.8) is 0 Å². The van der Waals surface area contributed by atoms with Gasteiger partial charge >= 0.3 is 0 Å². The molecule has 3 aromatic rings. The van der Waals surface area contributed by atoms with E-state index in [0.717, 1.165) is 22.8 Å². The Bertz CT molecular complexity index is 938. The number of azide groups is 1. The second-order valence-corrected chi connectivity index (χ2v) is 5.22. The van der Waals surface area contributed by atoms with Crippen molar-refractivity contribution in [2.45, 2.75) is 6.92 Å². The fourth-order valence-corrected chi connectivity index (χ4v) is 2.37. The average molecular weight is 332 g/mol. The van der Waals surface area contributed by atoms with Gasteiger partial charge in [-0.05, 0) is 54.0 Å². The zero-order valence-electron chi connectivity index (χ0n) is 13.9. The van der Waals surface area contributed by atoms with Crippen LogP contribution in [0.3, 0.4) is 0 Å². The van der Waals surface area contributed by atoms with Gasteiger partial charge in [0.15, 0.2) is 0 Å². The van der Waals surface area contributed by atoms with Gasteiger partial charge < -0.3 is 4.74 Å². The average Bonchev–Trinajstić information content (AvgIpc) is 2.97. The number of rotatable bonds is 5. The van der Waals surface area contributed by atoms with Gasteiger partial charge in [0, 0.05) is 16.7 Å². The van der Waals surface area contributed by atoms with Gasteiger partial charge in [-0.25, -0.2) is 4.68 Å². The third kappa shape index (κ3) is 3.52. The van der Waals surface area contributed by atoms with Gasteiger partial charge in [-0.2, -0.15) is 5.10 Å². The van der Waals surface area contributed by atoms with Gasteiger partial charge in [0.2, 0.25) is 0 Å². The highest BCUT2D eigenvalue weighted by atomic mass is 16.5. The van der Waals surface area contributed by atoms with Crippen molar-refractivity contribution in [1.29, 1.82) is 0 Å². The van der Waals surface area contributed by atoms with E-state index < -0.39 is 0 Å². The minimum Gasteiger partial charge on any atom is -0.497 e. The van der Waals surface area contributed by atoms with Crippen LogP contribution in [0, 0.1) is 6.92 Å². The summed E-state index contributed by atoms with van der Waals surface area (Å²) in [6, 6.07) is 16.9. The number of aromatic nitrogens is 2. The zero-order valence-corrected chi connectivity index (χ0v) is 13.9. The lowest BCUT2D eigenvalue weighted by atomic mass is 10.2. The minimum absolute atomic E-state index is 0.393. The van der Waals surface area contributed by atoms with Gasteiger partial charge in [0.1, 0.15) is 11.6 Å². The predicted molar refractivity (Wildman–Crippen MR) is 97.4 cm³/mol. The van der Waals surface area contributed by atoms with Crippen molar-refractivity contribution >= 4 is 17.7 Å². The molecule has 7 heteroatoms. The smallest absolute Gasteiger partial charge is 0.139 e. The Labute approximate surface area is 144 Å². The van der Waals surface area contributed by atoms with Crippen LogP contribution in [-0.4, -0.2) is 23.1 Å². The lowest BCUT2D eigenvalue weighted by molar-refractivity contribution is 0.414. The van der Waals surface area contributed by atoms with Crippen molar-refractivity contribution < 1.29 is 4.74 Å². The Kier molecular flexibility index (Phi) is 4.78. The molecule has 0 unspecified atom stereocenters. The molecule has 0 spiro atoms. The highest BCUT2D eigenvalue weighted by Crippen LogP contribution is 2.27. The van der Waals surface area contributed by atoms with E-state index in [9.17, 15) is 0 Å². The van der Waals surface area contributed by atoms with Crippen LogP contribution in [0.4, 0.5) is 11.5 Å². The fourth-order valence-electron chi connectivity index (χ4n) is 2.37. The summed E-state index contributed by atoms with van der Waals surface area (Å²) in [5.41, 5.74) is 11.9. The summed E-state index contributed by atoms with van der Waals surface area (Å²) in [4.78, 5) is 7.37. The topological polar surface area (TPSA) is 88.2 Å². The number of nitrogens with zero attached hydrogens (tertiary/aromatic N) is 6. The Morgan fingerprint density at radius 3 is 2.48 bits per heavy atom. The first-order valence-corrected chi connectivity index (χ1v) is 7.61. The third-order valence-electron chi connectivity index (χ3n) is 3.64. The maximum Gasteiger partial charge on any atom is 0.139 e. The standard InChI is InChI=1S/C18H16N6O/c1-13-17(12-20-14-6-4-3-5-7-14)18(21-23-19)24(22-13)15-8-10-16(25-2)11-9-15/h3-12H,1-2H3. The molecule has 0 fully saturated rings. The summed E-state index contributed by atoms with van der Waals surface area (Å²) in [7, 11) is 1.61. The summed E-state index contributed by atoms with van der Waals surface area (Å²) in [6.45, 7) is 1.85. The first-order valence-electron chi connectivity index (χ1n) is 7.61. The number of aryl methyl sites for hydroxylation is 1. The van der Waals surface area contributed by atoms with Crippen LogP contribution in [0.25, 0.3) is 16.1 Å². The van der Waals surface area contributed by atoms with Crippen molar-refractivity contribution in [1.82, 2.24) is 9.78 Å². The van der Waals surface area contributed by atoms with E-state index in [-0.39, 0.29) is 0 Å². The van der Waals surface area contributed by atoms with Crippen LogP contribution in [0.5, 0.6) is 5.75 Å². The molecule has 0 aliphatic carbocycles. The summed E-state index contributed by atoms with van der Waals surface area (Å²) in [5.74, 6) is 1.13. The van der Waals surface area contributed by atoms with Crippen molar-refractivity contribution in [2.24, 2.45) is 10.1 Å². The minimum atomic E-state index is 0.393. The number of aliphatic imine (C=N–C) groups is 1. The molecule has 0 saturated carbocycles. The summed E-state index contributed by atoms with van der Waals surface area (Å²) >= 11 is 0. The molecule has 2 aromatic carbocycles. The third-order valence-corrected chi connectivity index (χ3v) is 3.64. The maximum absolute atomic E-state index is 8.94. The number of methoxy groups -OCH3 is 1. The number of para-hydroxylation sites is 1. The van der Waals surface area contributed by atoms with Crippen LogP contribution in [-0.2, 0) is 0 Å². The molecule has 1 aromatic heterocycles. The van der Waals surface area contributed by atoms with Crippen molar-refractivity contribution in [3.05, 3.63) is 76.3 Å². The molecule has 7 nitrogen and oxygen atoms in total. The lowest BCUT2D eigenvalue weighted by Gasteiger charge is -2.05. The van der Waals surface area contributed by atoms with E-state index in [1.54, 1.807) is 18.0 Å². The van der Waals surface area contributed by atoms with Crippen molar-refractivity contribution in [2.75, 3.05) is 7.11 Å². The predicted octanol–water partition coefficient (Wildman–Crippen LogP) is 4.88. The Morgan fingerprint density at radius 1 is 1.12 bits per heavy atom. The molecule has 124 valence electrons. The number of hydrogen-bond acceptors (Lipinski definition) is 4. The molecule has 0 radical (unpaired) electrons. The monoisotopic (exact) mass is 332 g/mol. The molecule has 0 saturated heterocycles. The van der Waals surface area contributed by atoms with E-state index in [1.165, 1.54) is 0 Å². The highest BCUT2D eigenvalue weighted by molar-refractivity contribution is 5.89. The highest BCUT2D eigenvalue weighted by Gasteiger charge is 2.14. The first-order chi connectivity index (χ1) is 12.2. The Morgan fingerprint density at radius 2 is 1.84 bits per heavy atom. The SMILES string of the molecule is COc1ccc(-n2nc(C)c(C=Nc3ccccc3)c2N=[N+]=[N-])cc1. The molecule has 1 heterocycles. The largest absolute Gasteiger partial charge is 0.497 e. The van der Waals surface area contributed by atoms with E-state index >= 15 is 0 Å². The maximum atomic E-state index is 8.94. The number of benzene rings is 2. The lowest BCUT2D eigenvalue weighted by Crippen LogP contribution is -1.96. The molecule has 0 amide bonds. The summed E-state index contributed by atoms with van der Waals surface area (Å²) in [5, 5.41) is 8.30. The molecule has 3 rings (SSSR count). The van der Waals surface area contributed by atoms with E-state index in [0.29, 0.717) is 11.4 Å². The Hall–Kier alpha value is -3.57. The van der Waals surface area contributed by atoms with Crippen LogP contribution in [0.15, 0.2) is 64.7 Å². The van der Waals surface area contributed by atoms with E-state index in [4.69, 9.17) is 10.3 Å². The van der Waals surface area contributed by atoms with Crippen LogP contribution >= 0.6 is 0 Å². The number of ether oxygens (including phenoxy) is 1. The van der Waals surface area contributed by atoms with Gasteiger partial charge in [-0.3, -0.25) is 4.99 Å². The normalized spacial score (nSPS) is 10.6. The van der Waals surface area contributed by atoms with Gasteiger partial charge in [0.05, 0.1) is 24.2 Å². The fraction of sp³-hybridized carbons (Fsp3) is 0.111. The molecule has 0 atom stereocenters. The summed E-state index contributed by atoms with van der Waals surface area (Å²) in [6.07, 6.45) is 1.67. The molecule has 25 heavy (non-hydrogen) atoms.